The third-order valence-electron chi connectivity index (χ3n) is 6.68. The molecule has 0 saturated heterocycles. The fraction of sp³-hybridized carbons (Fsp3) is 0.185. The standard InChI is InChI=1S/C27H22ClF2N5O2S/c1-35-26-23-16(11-20(28)24(26)27(33-35)34-38(2,36)37)13-31-22(9-14-7-17(29)12-18(30)8-14)25-19(23)10-15-5-3-4-6-21(15)32-25/h3-8,10-12,22,31H,9,13H2,1-2H3,(H,33,34). The Morgan fingerprint density at radius 2 is 1.87 bits per heavy atom. The topological polar surface area (TPSA) is 88.9 Å². The molecule has 1 unspecified atom stereocenters. The van der Waals surface area contributed by atoms with E-state index in [0.29, 0.717) is 40.1 Å². The number of rotatable bonds is 4. The number of hydrogen-bond acceptors (Lipinski definition) is 5. The summed E-state index contributed by atoms with van der Waals surface area (Å²) in [5.74, 6) is -1.15. The second kappa shape index (κ2) is 9.00. The number of nitrogens with one attached hydrogen (secondary N) is 2. The first-order valence-electron chi connectivity index (χ1n) is 11.8. The van der Waals surface area contributed by atoms with Crippen LogP contribution in [0.1, 0.15) is 22.9 Å². The molecule has 0 spiro atoms. The second-order valence-corrected chi connectivity index (χ2v) is 11.6. The summed E-state index contributed by atoms with van der Waals surface area (Å²) in [5, 5.41) is 9.66. The maximum atomic E-state index is 14.0. The predicted molar refractivity (Wildman–Crippen MR) is 145 cm³/mol. The summed E-state index contributed by atoms with van der Waals surface area (Å²) >= 11 is 6.70. The van der Waals surface area contributed by atoms with E-state index in [2.05, 4.69) is 15.1 Å². The zero-order valence-corrected chi connectivity index (χ0v) is 22.0. The molecule has 194 valence electrons. The van der Waals surface area contributed by atoms with Crippen LogP contribution < -0.4 is 10.0 Å². The van der Waals surface area contributed by atoms with Gasteiger partial charge in [-0.25, -0.2) is 17.2 Å². The molecule has 11 heteroatoms. The van der Waals surface area contributed by atoms with E-state index in [9.17, 15) is 17.2 Å². The number of sulfonamides is 1. The van der Waals surface area contributed by atoms with Crippen LogP contribution in [0, 0.1) is 11.6 Å². The van der Waals surface area contributed by atoms with E-state index in [1.165, 1.54) is 12.1 Å². The molecule has 38 heavy (non-hydrogen) atoms. The van der Waals surface area contributed by atoms with Crippen LogP contribution in [0.4, 0.5) is 14.6 Å². The summed E-state index contributed by atoms with van der Waals surface area (Å²) in [6.07, 6.45) is 1.35. The Balaban J connectivity index is 1.63. The zero-order valence-electron chi connectivity index (χ0n) is 20.4. The molecule has 6 rings (SSSR count). The van der Waals surface area contributed by atoms with Crippen LogP contribution >= 0.6 is 11.6 Å². The number of halogens is 3. The highest BCUT2D eigenvalue weighted by molar-refractivity contribution is 7.92. The molecule has 0 amide bonds. The number of nitrogens with zero attached hydrogens (tertiary/aromatic N) is 3. The van der Waals surface area contributed by atoms with Gasteiger partial charge in [-0.2, -0.15) is 5.10 Å². The second-order valence-electron chi connectivity index (χ2n) is 9.49. The van der Waals surface area contributed by atoms with Crippen molar-refractivity contribution in [3.8, 4) is 11.1 Å². The zero-order chi connectivity index (χ0) is 26.8. The minimum absolute atomic E-state index is 0.136. The number of para-hydroxylation sites is 1. The fourth-order valence-corrected chi connectivity index (χ4v) is 6.04. The van der Waals surface area contributed by atoms with Crippen molar-refractivity contribution < 1.29 is 17.2 Å². The average Bonchev–Trinajstić information content (AvgIpc) is 3.07. The number of anilines is 1. The molecular formula is C27H22ClF2N5O2S. The molecule has 5 aromatic rings. The van der Waals surface area contributed by atoms with Crippen LogP contribution in [0.15, 0.2) is 54.6 Å². The molecule has 1 aliphatic heterocycles. The van der Waals surface area contributed by atoms with Gasteiger partial charge >= 0.3 is 0 Å². The fourth-order valence-electron chi connectivity index (χ4n) is 5.23. The molecule has 0 saturated carbocycles. The molecule has 3 heterocycles. The number of fused-ring (bicyclic) bond motifs is 6. The summed E-state index contributed by atoms with van der Waals surface area (Å²) in [6.45, 7) is 0.389. The van der Waals surface area contributed by atoms with Crippen molar-refractivity contribution in [2.24, 2.45) is 7.05 Å². The van der Waals surface area contributed by atoms with Crippen molar-refractivity contribution >= 4 is 49.2 Å². The lowest BCUT2D eigenvalue weighted by atomic mass is 9.92. The van der Waals surface area contributed by atoms with E-state index < -0.39 is 21.7 Å². The van der Waals surface area contributed by atoms with E-state index in [4.69, 9.17) is 16.6 Å². The lowest BCUT2D eigenvalue weighted by molar-refractivity contribution is 0.520. The molecular weight excluding hydrogens is 532 g/mol. The van der Waals surface area contributed by atoms with Crippen molar-refractivity contribution in [1.29, 1.82) is 0 Å². The Bertz CT molecular complexity index is 1850. The number of pyridine rings is 1. The number of benzene rings is 3. The highest BCUT2D eigenvalue weighted by atomic mass is 35.5. The number of hydrogen-bond donors (Lipinski definition) is 2. The van der Waals surface area contributed by atoms with Gasteiger partial charge in [0.2, 0.25) is 10.0 Å². The minimum Gasteiger partial charge on any atom is -0.304 e. The van der Waals surface area contributed by atoms with Crippen molar-refractivity contribution in [2.45, 2.75) is 19.0 Å². The van der Waals surface area contributed by atoms with E-state index in [-0.39, 0.29) is 11.9 Å². The van der Waals surface area contributed by atoms with E-state index in [1.54, 1.807) is 17.8 Å². The molecule has 0 fully saturated rings. The molecule has 7 nitrogen and oxygen atoms in total. The minimum atomic E-state index is -3.61. The van der Waals surface area contributed by atoms with Crippen LogP contribution in [0.2, 0.25) is 5.02 Å². The molecule has 3 aromatic carbocycles. The van der Waals surface area contributed by atoms with Crippen LogP contribution in [0.3, 0.4) is 0 Å². The molecule has 0 aliphatic carbocycles. The van der Waals surface area contributed by atoms with Crippen molar-refractivity contribution in [3.05, 3.63) is 88.1 Å². The van der Waals surface area contributed by atoms with Gasteiger partial charge in [0.05, 0.1) is 39.4 Å². The van der Waals surface area contributed by atoms with Crippen molar-refractivity contribution in [1.82, 2.24) is 20.1 Å². The van der Waals surface area contributed by atoms with E-state index in [0.717, 1.165) is 39.9 Å². The first-order valence-corrected chi connectivity index (χ1v) is 14.1. The predicted octanol–water partition coefficient (Wildman–Crippen LogP) is 5.48. The van der Waals surface area contributed by atoms with Crippen molar-refractivity contribution in [2.75, 3.05) is 11.0 Å². The van der Waals surface area contributed by atoms with Gasteiger partial charge in [0.1, 0.15) is 11.6 Å². The van der Waals surface area contributed by atoms with E-state index >= 15 is 0 Å². The maximum Gasteiger partial charge on any atom is 0.231 e. The van der Waals surface area contributed by atoms with Gasteiger partial charge < -0.3 is 5.32 Å². The molecule has 0 radical (unpaired) electrons. The number of aryl methyl sites for hydroxylation is 1. The quantitative estimate of drug-likeness (QED) is 0.308. The third kappa shape index (κ3) is 4.38. The highest BCUT2D eigenvalue weighted by Crippen LogP contribution is 2.44. The molecule has 2 aromatic heterocycles. The van der Waals surface area contributed by atoms with Crippen LogP contribution in [0.25, 0.3) is 32.9 Å². The largest absolute Gasteiger partial charge is 0.304 e. The Morgan fingerprint density at radius 3 is 2.61 bits per heavy atom. The lowest BCUT2D eigenvalue weighted by Gasteiger charge is -2.19. The highest BCUT2D eigenvalue weighted by Gasteiger charge is 2.29. The normalized spacial score (nSPS) is 15.3. The summed E-state index contributed by atoms with van der Waals surface area (Å²) in [7, 11) is -1.88. The Labute approximate surface area is 222 Å². The maximum absolute atomic E-state index is 14.0. The van der Waals surface area contributed by atoms with Crippen LogP contribution in [-0.4, -0.2) is 29.4 Å². The van der Waals surface area contributed by atoms with E-state index in [1.807, 2.05) is 30.3 Å². The van der Waals surface area contributed by atoms with Gasteiger partial charge in [-0.3, -0.25) is 14.4 Å². The molecule has 1 atom stereocenters. The SMILES string of the molecule is Cn1nc(NS(C)(=O)=O)c2c(Cl)cc3c(c21)-c1cc2ccccc2nc1C(Cc1cc(F)cc(F)c1)NC3. The summed E-state index contributed by atoms with van der Waals surface area (Å²) < 4.78 is 56.2. The Kier molecular flexibility index (Phi) is 5.86. The van der Waals surface area contributed by atoms with Gasteiger partial charge in [-0.15, -0.1) is 0 Å². The van der Waals surface area contributed by atoms with Gasteiger partial charge in [0, 0.05) is 36.2 Å². The Hall–Kier alpha value is -3.60. The summed E-state index contributed by atoms with van der Waals surface area (Å²) in [5.41, 5.74) is 5.11. The smallest absolute Gasteiger partial charge is 0.231 e. The molecule has 1 aliphatic rings. The van der Waals surface area contributed by atoms with Gasteiger partial charge in [0.15, 0.2) is 5.82 Å². The van der Waals surface area contributed by atoms with Gasteiger partial charge in [-0.1, -0.05) is 29.8 Å². The van der Waals surface area contributed by atoms with Gasteiger partial charge in [-0.05, 0) is 47.9 Å². The average molecular weight is 554 g/mol. The summed E-state index contributed by atoms with van der Waals surface area (Å²) in [4.78, 5) is 5.00. The summed E-state index contributed by atoms with van der Waals surface area (Å²) in [6, 6.07) is 14.7. The lowest BCUT2D eigenvalue weighted by Crippen LogP contribution is -2.23. The van der Waals surface area contributed by atoms with Crippen LogP contribution in [0.5, 0.6) is 0 Å². The van der Waals surface area contributed by atoms with Gasteiger partial charge in [0.25, 0.3) is 0 Å². The third-order valence-corrected chi connectivity index (χ3v) is 7.54. The first kappa shape index (κ1) is 24.7. The first-order chi connectivity index (χ1) is 18.1. The number of aromatic nitrogens is 3. The monoisotopic (exact) mass is 553 g/mol. The van der Waals surface area contributed by atoms with Crippen LogP contribution in [-0.2, 0) is 30.0 Å². The Morgan fingerprint density at radius 1 is 1.13 bits per heavy atom. The van der Waals surface area contributed by atoms with Crippen molar-refractivity contribution in [3.63, 3.8) is 0 Å². The molecule has 0 bridgehead atoms. The molecule has 2 N–H and O–H groups in total.